The number of ether oxygens (including phenoxy) is 1. The van der Waals surface area contributed by atoms with Crippen LogP contribution in [0, 0.1) is 11.8 Å². The van der Waals surface area contributed by atoms with Crippen molar-refractivity contribution in [2.75, 3.05) is 13.2 Å². The van der Waals surface area contributed by atoms with E-state index in [-0.39, 0.29) is 25.0 Å². The van der Waals surface area contributed by atoms with Gasteiger partial charge >= 0.3 is 0 Å². The van der Waals surface area contributed by atoms with E-state index in [9.17, 15) is 20.4 Å². The van der Waals surface area contributed by atoms with Crippen molar-refractivity contribution < 1.29 is 25.2 Å². The van der Waals surface area contributed by atoms with E-state index in [1.807, 2.05) is 13.8 Å². The Morgan fingerprint density at radius 2 is 1.10 bits per heavy atom. The summed E-state index contributed by atoms with van der Waals surface area (Å²) < 4.78 is 5.96. The molecule has 0 aliphatic heterocycles. The van der Waals surface area contributed by atoms with E-state index in [1.54, 1.807) is 0 Å². The average molecular weight is 306 g/mol. The second kappa shape index (κ2) is 11.4. The van der Waals surface area contributed by atoms with Crippen LogP contribution in [0.4, 0.5) is 0 Å². The van der Waals surface area contributed by atoms with Gasteiger partial charge in [0.25, 0.3) is 0 Å². The lowest BCUT2D eigenvalue weighted by Crippen LogP contribution is -2.46. The summed E-state index contributed by atoms with van der Waals surface area (Å²) in [7, 11) is 0. The predicted molar refractivity (Wildman–Crippen MR) is 83.0 cm³/mol. The monoisotopic (exact) mass is 306 g/mol. The highest BCUT2D eigenvalue weighted by Crippen LogP contribution is 2.25. The van der Waals surface area contributed by atoms with Crippen LogP contribution in [0.15, 0.2) is 0 Å². The molecule has 128 valence electrons. The Balaban J connectivity index is 5.00. The van der Waals surface area contributed by atoms with Gasteiger partial charge in [-0.2, -0.15) is 0 Å². The molecule has 0 aromatic rings. The molecule has 0 rings (SSSR count). The maximum atomic E-state index is 10.0. The van der Waals surface area contributed by atoms with Crippen LogP contribution in [-0.4, -0.2) is 58.1 Å². The third kappa shape index (κ3) is 7.06. The summed E-state index contributed by atoms with van der Waals surface area (Å²) in [6, 6.07) is 0. The maximum absolute atomic E-state index is 10.0. The highest BCUT2D eigenvalue weighted by atomic mass is 16.5. The summed E-state index contributed by atoms with van der Waals surface area (Å²) in [6.45, 7) is 7.31. The topological polar surface area (TPSA) is 90.2 Å². The van der Waals surface area contributed by atoms with E-state index in [1.165, 1.54) is 0 Å². The summed E-state index contributed by atoms with van der Waals surface area (Å²) >= 11 is 0. The fourth-order valence-corrected chi connectivity index (χ4v) is 2.84. The molecule has 0 radical (unpaired) electrons. The largest absolute Gasteiger partial charge is 0.394 e. The minimum Gasteiger partial charge on any atom is -0.394 e. The van der Waals surface area contributed by atoms with E-state index < -0.39 is 24.4 Å². The van der Waals surface area contributed by atoms with E-state index in [4.69, 9.17) is 4.74 Å². The molecule has 0 aromatic carbocycles. The van der Waals surface area contributed by atoms with Gasteiger partial charge < -0.3 is 25.2 Å². The molecule has 0 heterocycles. The molecule has 0 fully saturated rings. The Morgan fingerprint density at radius 1 is 0.762 bits per heavy atom. The lowest BCUT2D eigenvalue weighted by molar-refractivity contribution is -0.165. The fraction of sp³-hybridized carbons (Fsp3) is 1.00. The first-order valence-corrected chi connectivity index (χ1v) is 8.16. The standard InChI is InChI=1S/C16H34O5/c1-5-7-11(3)15(13(19)9-17)21-16(14(20)10-18)12(4)8-6-2/h11-20H,5-10H2,1-4H3. The van der Waals surface area contributed by atoms with E-state index >= 15 is 0 Å². The normalized spacial score (nSPS) is 20.6. The molecule has 0 amide bonds. The molecule has 0 aromatic heterocycles. The van der Waals surface area contributed by atoms with Gasteiger partial charge in [0.2, 0.25) is 0 Å². The van der Waals surface area contributed by atoms with Gasteiger partial charge in [0, 0.05) is 0 Å². The van der Waals surface area contributed by atoms with Gasteiger partial charge in [-0.15, -0.1) is 0 Å². The first-order valence-electron chi connectivity index (χ1n) is 8.16. The van der Waals surface area contributed by atoms with Crippen LogP contribution in [0.3, 0.4) is 0 Å². The van der Waals surface area contributed by atoms with Gasteiger partial charge in [0.15, 0.2) is 0 Å². The quantitative estimate of drug-likeness (QED) is 0.436. The Kier molecular flexibility index (Phi) is 11.3. The molecule has 0 saturated carbocycles. The summed E-state index contributed by atoms with van der Waals surface area (Å²) in [4.78, 5) is 0. The van der Waals surface area contributed by atoms with Gasteiger partial charge in [0.05, 0.1) is 25.4 Å². The predicted octanol–water partition coefficient (Wildman–Crippen LogP) is 1.32. The smallest absolute Gasteiger partial charge is 0.103 e. The van der Waals surface area contributed by atoms with Gasteiger partial charge in [-0.1, -0.05) is 40.5 Å². The fourth-order valence-electron chi connectivity index (χ4n) is 2.84. The second-order valence-corrected chi connectivity index (χ2v) is 6.10. The Bertz CT molecular complexity index is 225. The molecule has 0 spiro atoms. The molecule has 5 nitrogen and oxygen atoms in total. The molecule has 0 aliphatic carbocycles. The molecule has 5 heteroatoms. The zero-order chi connectivity index (χ0) is 16.4. The van der Waals surface area contributed by atoms with Crippen molar-refractivity contribution in [1.29, 1.82) is 0 Å². The third-order valence-corrected chi connectivity index (χ3v) is 4.06. The van der Waals surface area contributed by atoms with Crippen LogP contribution in [0.25, 0.3) is 0 Å². The number of hydrogen-bond acceptors (Lipinski definition) is 5. The molecule has 0 saturated heterocycles. The van der Waals surface area contributed by atoms with Crippen molar-refractivity contribution in [1.82, 2.24) is 0 Å². The first-order chi connectivity index (χ1) is 9.92. The van der Waals surface area contributed by atoms with E-state index in [0.717, 1.165) is 25.7 Å². The molecular formula is C16H34O5. The van der Waals surface area contributed by atoms with Crippen molar-refractivity contribution in [3.8, 4) is 0 Å². The zero-order valence-corrected chi connectivity index (χ0v) is 13.9. The highest BCUT2D eigenvalue weighted by molar-refractivity contribution is 4.81. The summed E-state index contributed by atoms with van der Waals surface area (Å²) in [5, 5.41) is 38.5. The van der Waals surface area contributed by atoms with Crippen LogP contribution in [-0.2, 0) is 4.74 Å². The van der Waals surface area contributed by atoms with E-state index in [2.05, 4.69) is 13.8 Å². The Hall–Kier alpha value is -0.200. The number of aliphatic hydroxyl groups excluding tert-OH is 4. The molecular weight excluding hydrogens is 272 g/mol. The zero-order valence-electron chi connectivity index (χ0n) is 13.9. The van der Waals surface area contributed by atoms with Crippen molar-refractivity contribution in [3.63, 3.8) is 0 Å². The van der Waals surface area contributed by atoms with Crippen molar-refractivity contribution >= 4 is 0 Å². The van der Waals surface area contributed by atoms with Gasteiger partial charge in [0.1, 0.15) is 12.2 Å². The summed E-state index contributed by atoms with van der Waals surface area (Å²) in [5.74, 6) is 0.138. The second-order valence-electron chi connectivity index (χ2n) is 6.10. The van der Waals surface area contributed by atoms with Crippen LogP contribution >= 0.6 is 0 Å². The lowest BCUT2D eigenvalue weighted by Gasteiger charge is -2.36. The average Bonchev–Trinajstić information content (AvgIpc) is 2.47. The van der Waals surface area contributed by atoms with Crippen LogP contribution in [0.1, 0.15) is 53.4 Å². The SMILES string of the molecule is CCCC(C)C(OC(C(C)CCC)C(O)CO)C(O)CO. The van der Waals surface area contributed by atoms with Gasteiger partial charge in [-0.25, -0.2) is 0 Å². The van der Waals surface area contributed by atoms with Crippen LogP contribution < -0.4 is 0 Å². The minimum absolute atomic E-state index is 0.0689. The first kappa shape index (κ1) is 20.8. The van der Waals surface area contributed by atoms with E-state index in [0.29, 0.717) is 0 Å². The molecule has 6 atom stereocenters. The Morgan fingerprint density at radius 3 is 1.33 bits per heavy atom. The Labute approximate surface area is 129 Å². The minimum atomic E-state index is -0.978. The molecule has 21 heavy (non-hydrogen) atoms. The summed E-state index contributed by atoms with van der Waals surface area (Å²) in [6.07, 6.45) is 0.606. The number of aliphatic hydroxyl groups is 4. The maximum Gasteiger partial charge on any atom is 0.103 e. The van der Waals surface area contributed by atoms with Gasteiger partial charge in [-0.3, -0.25) is 0 Å². The van der Waals surface area contributed by atoms with Crippen molar-refractivity contribution in [2.24, 2.45) is 11.8 Å². The molecule has 0 aliphatic rings. The van der Waals surface area contributed by atoms with Crippen molar-refractivity contribution in [2.45, 2.75) is 77.8 Å². The van der Waals surface area contributed by atoms with Crippen molar-refractivity contribution in [3.05, 3.63) is 0 Å². The molecule has 6 unspecified atom stereocenters. The lowest BCUT2D eigenvalue weighted by atomic mass is 9.92. The summed E-state index contributed by atoms with van der Waals surface area (Å²) in [5.41, 5.74) is 0. The third-order valence-electron chi connectivity index (χ3n) is 4.06. The van der Waals surface area contributed by atoms with Crippen LogP contribution in [0.5, 0.6) is 0 Å². The molecule has 4 N–H and O–H groups in total. The van der Waals surface area contributed by atoms with Gasteiger partial charge in [-0.05, 0) is 24.7 Å². The van der Waals surface area contributed by atoms with Crippen LogP contribution in [0.2, 0.25) is 0 Å². The number of rotatable bonds is 12. The number of hydrogen-bond donors (Lipinski definition) is 4. The molecule has 0 bridgehead atoms. The highest BCUT2D eigenvalue weighted by Gasteiger charge is 2.33.